The summed E-state index contributed by atoms with van der Waals surface area (Å²) >= 11 is 0. The Kier molecular flexibility index (Phi) is 6.16. The van der Waals surface area contributed by atoms with E-state index in [0.29, 0.717) is 0 Å². The van der Waals surface area contributed by atoms with Crippen molar-refractivity contribution in [2.24, 2.45) is 0 Å². The van der Waals surface area contributed by atoms with Gasteiger partial charge >= 0.3 is 11.7 Å². The molecule has 25 heavy (non-hydrogen) atoms. The molecule has 0 saturated heterocycles. The number of carbonyl (C=O) groups is 1. The lowest BCUT2D eigenvalue weighted by Crippen LogP contribution is -2.12. The van der Waals surface area contributed by atoms with Crippen LogP contribution in [0.1, 0.15) is 5.56 Å². The normalized spacial score (nSPS) is 10.0. The lowest BCUT2D eigenvalue weighted by atomic mass is 10.2. The van der Waals surface area contributed by atoms with E-state index in [0.717, 1.165) is 5.56 Å². The van der Waals surface area contributed by atoms with Crippen LogP contribution in [0, 0.1) is 10.1 Å². The molecule has 2 aromatic rings. The third-order valence-electron chi connectivity index (χ3n) is 3.24. The van der Waals surface area contributed by atoms with Gasteiger partial charge in [-0.2, -0.15) is 0 Å². The van der Waals surface area contributed by atoms with Gasteiger partial charge in [0.2, 0.25) is 11.5 Å². The van der Waals surface area contributed by atoms with Gasteiger partial charge in [0.1, 0.15) is 12.4 Å². The fraction of sp³-hybridized carbons (Fsp3) is 0.235. The van der Waals surface area contributed by atoms with Crippen LogP contribution in [0.3, 0.4) is 0 Å². The van der Waals surface area contributed by atoms with E-state index in [-0.39, 0.29) is 36.1 Å². The van der Waals surface area contributed by atoms with E-state index < -0.39 is 10.9 Å². The molecule has 0 fully saturated rings. The topological polar surface area (TPSA) is 97.1 Å². The van der Waals surface area contributed by atoms with Crippen molar-refractivity contribution in [1.29, 1.82) is 0 Å². The molecular weight excluding hydrogens is 330 g/mol. The van der Waals surface area contributed by atoms with Crippen molar-refractivity contribution in [3.63, 3.8) is 0 Å². The zero-order valence-electron chi connectivity index (χ0n) is 13.8. The molecule has 0 N–H and O–H groups in total. The smallest absolute Gasteiger partial charge is 0.352 e. The SMILES string of the molecule is COC(=O)COc1cc(OC)c([N+](=O)[O-])c(OCc2ccccc2)c1. The molecule has 0 radical (unpaired) electrons. The van der Waals surface area contributed by atoms with Crippen LogP contribution < -0.4 is 14.2 Å². The van der Waals surface area contributed by atoms with Gasteiger partial charge in [-0.15, -0.1) is 0 Å². The molecule has 0 unspecified atom stereocenters. The van der Waals surface area contributed by atoms with Gasteiger partial charge in [-0.1, -0.05) is 30.3 Å². The number of hydrogen-bond donors (Lipinski definition) is 0. The van der Waals surface area contributed by atoms with Gasteiger partial charge in [0, 0.05) is 12.1 Å². The molecule has 132 valence electrons. The Morgan fingerprint density at radius 3 is 2.36 bits per heavy atom. The van der Waals surface area contributed by atoms with Gasteiger partial charge in [-0.05, 0) is 5.56 Å². The maximum atomic E-state index is 11.4. The highest BCUT2D eigenvalue weighted by Crippen LogP contribution is 2.41. The first-order valence-electron chi connectivity index (χ1n) is 7.28. The maximum absolute atomic E-state index is 11.4. The van der Waals surface area contributed by atoms with Crippen molar-refractivity contribution >= 4 is 11.7 Å². The van der Waals surface area contributed by atoms with Crippen LogP contribution in [0.15, 0.2) is 42.5 Å². The summed E-state index contributed by atoms with van der Waals surface area (Å²) in [4.78, 5) is 22.0. The number of benzene rings is 2. The standard InChI is InChI=1S/C17H17NO7/c1-22-14-8-13(24-11-16(19)23-2)9-15(17(14)18(20)21)25-10-12-6-4-3-5-7-12/h3-9H,10-11H2,1-2H3. The van der Waals surface area contributed by atoms with Gasteiger partial charge < -0.3 is 18.9 Å². The van der Waals surface area contributed by atoms with E-state index in [1.54, 1.807) is 0 Å². The van der Waals surface area contributed by atoms with E-state index in [9.17, 15) is 14.9 Å². The van der Waals surface area contributed by atoms with E-state index in [1.807, 2.05) is 30.3 Å². The van der Waals surface area contributed by atoms with Crippen molar-refractivity contribution in [1.82, 2.24) is 0 Å². The summed E-state index contributed by atoms with van der Waals surface area (Å²) in [6.45, 7) is -0.207. The Labute approximate surface area is 144 Å². The molecule has 8 nitrogen and oxygen atoms in total. The minimum Gasteiger partial charge on any atom is -0.490 e. The summed E-state index contributed by atoms with van der Waals surface area (Å²) in [5.41, 5.74) is 0.528. The molecule has 2 rings (SSSR count). The predicted octanol–water partition coefficient (Wildman–Crippen LogP) is 2.73. The van der Waals surface area contributed by atoms with Crippen molar-refractivity contribution in [2.45, 2.75) is 6.61 Å². The van der Waals surface area contributed by atoms with Crippen LogP contribution in [0.5, 0.6) is 17.2 Å². The second-order valence-electron chi connectivity index (χ2n) is 4.87. The van der Waals surface area contributed by atoms with Crippen molar-refractivity contribution in [3.8, 4) is 17.2 Å². The second-order valence-corrected chi connectivity index (χ2v) is 4.87. The van der Waals surface area contributed by atoms with Crippen LogP contribution in [0.4, 0.5) is 5.69 Å². The number of rotatable bonds is 8. The average molecular weight is 347 g/mol. The Bertz CT molecular complexity index is 746. The van der Waals surface area contributed by atoms with Crippen LogP contribution in [0.25, 0.3) is 0 Å². The Balaban J connectivity index is 2.29. The quantitative estimate of drug-likeness (QED) is 0.411. The number of methoxy groups -OCH3 is 2. The summed E-state index contributed by atoms with van der Waals surface area (Å²) < 4.78 is 20.4. The molecule has 0 aliphatic heterocycles. The van der Waals surface area contributed by atoms with Gasteiger partial charge in [-0.25, -0.2) is 4.79 Å². The number of esters is 1. The molecule has 0 spiro atoms. The lowest BCUT2D eigenvalue weighted by Gasteiger charge is -2.12. The van der Waals surface area contributed by atoms with Crippen molar-refractivity contribution < 1.29 is 28.7 Å². The van der Waals surface area contributed by atoms with E-state index in [2.05, 4.69) is 4.74 Å². The van der Waals surface area contributed by atoms with Crippen molar-refractivity contribution in [2.75, 3.05) is 20.8 Å². The molecular formula is C17H17NO7. The highest BCUT2D eigenvalue weighted by Gasteiger charge is 2.25. The van der Waals surface area contributed by atoms with Crippen molar-refractivity contribution in [3.05, 3.63) is 58.1 Å². The fourth-order valence-corrected chi connectivity index (χ4v) is 2.02. The largest absolute Gasteiger partial charge is 0.490 e. The molecule has 0 heterocycles. The summed E-state index contributed by atoms with van der Waals surface area (Å²) in [7, 11) is 2.53. The number of hydrogen-bond acceptors (Lipinski definition) is 7. The third kappa shape index (κ3) is 4.84. The van der Waals surface area contributed by atoms with Crippen LogP contribution in [-0.2, 0) is 16.1 Å². The number of carbonyl (C=O) groups excluding carboxylic acids is 1. The monoisotopic (exact) mass is 347 g/mol. The number of ether oxygens (including phenoxy) is 4. The molecule has 0 bridgehead atoms. The summed E-state index contributed by atoms with van der Waals surface area (Å²) in [6.07, 6.45) is 0. The molecule has 2 aromatic carbocycles. The lowest BCUT2D eigenvalue weighted by molar-refractivity contribution is -0.386. The van der Waals surface area contributed by atoms with Gasteiger partial charge in [-0.3, -0.25) is 10.1 Å². The summed E-state index contributed by atoms with van der Waals surface area (Å²) in [6, 6.07) is 11.9. The molecule has 8 heteroatoms. The van der Waals surface area contributed by atoms with Gasteiger partial charge in [0.05, 0.1) is 19.1 Å². The minimum atomic E-state index is -0.594. The van der Waals surface area contributed by atoms with E-state index in [1.165, 1.54) is 26.4 Å². The highest BCUT2D eigenvalue weighted by molar-refractivity contribution is 5.71. The molecule has 0 aliphatic carbocycles. The third-order valence-corrected chi connectivity index (χ3v) is 3.24. The predicted molar refractivity (Wildman–Crippen MR) is 87.9 cm³/mol. The summed E-state index contributed by atoms with van der Waals surface area (Å²) in [5.74, 6) is -0.441. The number of nitrogens with zero attached hydrogens (tertiary/aromatic N) is 1. The van der Waals surface area contributed by atoms with Crippen LogP contribution in [-0.4, -0.2) is 31.7 Å². The first kappa shape index (κ1) is 18.1. The fourth-order valence-electron chi connectivity index (χ4n) is 2.02. The highest BCUT2D eigenvalue weighted by atomic mass is 16.6. The maximum Gasteiger partial charge on any atom is 0.352 e. The zero-order chi connectivity index (χ0) is 18.2. The molecule has 0 aliphatic rings. The second kappa shape index (κ2) is 8.53. The van der Waals surface area contributed by atoms with Crippen LogP contribution >= 0.6 is 0 Å². The Morgan fingerprint density at radius 2 is 1.76 bits per heavy atom. The van der Waals surface area contributed by atoms with E-state index >= 15 is 0 Å². The minimum absolute atomic E-state index is 0.0203. The Morgan fingerprint density at radius 1 is 1.08 bits per heavy atom. The first-order chi connectivity index (χ1) is 12.0. The number of nitro benzene ring substituents is 1. The molecule has 0 aromatic heterocycles. The van der Waals surface area contributed by atoms with E-state index in [4.69, 9.17) is 14.2 Å². The zero-order valence-corrected chi connectivity index (χ0v) is 13.8. The molecule has 0 saturated carbocycles. The Hall–Kier alpha value is -3.29. The molecule has 0 amide bonds. The molecule has 0 atom stereocenters. The summed E-state index contributed by atoms with van der Waals surface area (Å²) in [5, 5.41) is 11.4. The number of nitro groups is 1. The van der Waals surface area contributed by atoms with Crippen LogP contribution in [0.2, 0.25) is 0 Å². The van der Waals surface area contributed by atoms with Gasteiger partial charge in [0.25, 0.3) is 0 Å². The first-order valence-corrected chi connectivity index (χ1v) is 7.28. The average Bonchev–Trinajstić information content (AvgIpc) is 2.64. The van der Waals surface area contributed by atoms with Gasteiger partial charge in [0.15, 0.2) is 6.61 Å².